The number of carbonyl (C=O) groups is 1. The third-order valence-corrected chi connectivity index (χ3v) is 2.99. The van der Waals surface area contributed by atoms with Gasteiger partial charge in [0.1, 0.15) is 5.75 Å². The summed E-state index contributed by atoms with van der Waals surface area (Å²) in [5.74, 6) is -0.493. The number of nitrogens with zero attached hydrogens (tertiary/aromatic N) is 2. The topological polar surface area (TPSA) is 84.3 Å². The van der Waals surface area contributed by atoms with Crippen molar-refractivity contribution in [1.82, 2.24) is 9.97 Å². The summed E-state index contributed by atoms with van der Waals surface area (Å²) in [6, 6.07) is 7.10. The van der Waals surface area contributed by atoms with Crippen molar-refractivity contribution in [2.75, 3.05) is 12.4 Å². The van der Waals surface area contributed by atoms with Crippen LogP contribution in [0.3, 0.4) is 0 Å². The van der Waals surface area contributed by atoms with E-state index in [0.29, 0.717) is 17.1 Å². The number of aliphatic carboxylic acids is 1. The molecule has 6 heteroatoms. The Kier molecular flexibility index (Phi) is 3.84. The molecule has 1 unspecified atom stereocenters. The fourth-order valence-corrected chi connectivity index (χ4v) is 1.80. The predicted octanol–water partition coefficient (Wildman–Crippen LogP) is 1.90. The summed E-state index contributed by atoms with van der Waals surface area (Å²) in [5, 5.41) is 12.5. The Morgan fingerprint density at radius 1 is 1.35 bits per heavy atom. The summed E-state index contributed by atoms with van der Waals surface area (Å²) in [6.07, 6.45) is 4.38. The summed E-state index contributed by atoms with van der Waals surface area (Å²) in [7, 11) is 1.53. The molecule has 0 saturated carbocycles. The van der Waals surface area contributed by atoms with Gasteiger partial charge in [0.15, 0.2) is 5.54 Å². The first-order valence-electron chi connectivity index (χ1n) is 5.99. The molecule has 0 aliphatic rings. The van der Waals surface area contributed by atoms with Crippen LogP contribution in [0.4, 0.5) is 5.69 Å². The quantitative estimate of drug-likeness (QED) is 0.865. The zero-order chi connectivity index (χ0) is 14.6. The van der Waals surface area contributed by atoms with Gasteiger partial charge in [0, 0.05) is 12.4 Å². The normalized spacial score (nSPS) is 13.3. The average molecular weight is 273 g/mol. The number of anilines is 1. The Labute approximate surface area is 116 Å². The first kappa shape index (κ1) is 13.8. The van der Waals surface area contributed by atoms with Gasteiger partial charge in [-0.3, -0.25) is 9.97 Å². The highest BCUT2D eigenvalue weighted by Crippen LogP contribution is 2.30. The van der Waals surface area contributed by atoms with Crippen molar-refractivity contribution in [3.63, 3.8) is 0 Å². The molecule has 1 heterocycles. The molecule has 1 atom stereocenters. The number of hydrogen-bond acceptors (Lipinski definition) is 5. The number of methoxy groups -OCH3 is 1. The number of para-hydroxylation sites is 2. The molecule has 0 radical (unpaired) electrons. The van der Waals surface area contributed by atoms with Gasteiger partial charge in [-0.15, -0.1) is 0 Å². The average Bonchev–Trinajstić information content (AvgIpc) is 2.48. The van der Waals surface area contributed by atoms with E-state index in [-0.39, 0.29) is 0 Å². The molecule has 1 aromatic heterocycles. The highest BCUT2D eigenvalue weighted by molar-refractivity contribution is 5.84. The number of hydrogen-bond donors (Lipinski definition) is 2. The van der Waals surface area contributed by atoms with Gasteiger partial charge in [-0.2, -0.15) is 0 Å². The van der Waals surface area contributed by atoms with Crippen LogP contribution in [-0.2, 0) is 10.3 Å². The van der Waals surface area contributed by atoms with Crippen LogP contribution in [0.5, 0.6) is 5.75 Å². The lowest BCUT2D eigenvalue weighted by Gasteiger charge is -2.27. The van der Waals surface area contributed by atoms with Gasteiger partial charge in [-0.1, -0.05) is 12.1 Å². The van der Waals surface area contributed by atoms with Crippen LogP contribution < -0.4 is 10.1 Å². The van der Waals surface area contributed by atoms with Crippen LogP contribution in [0.25, 0.3) is 0 Å². The van der Waals surface area contributed by atoms with E-state index in [1.165, 1.54) is 32.6 Å². The van der Waals surface area contributed by atoms with Gasteiger partial charge >= 0.3 is 5.97 Å². The van der Waals surface area contributed by atoms with Crippen LogP contribution in [0.2, 0.25) is 0 Å². The van der Waals surface area contributed by atoms with E-state index in [9.17, 15) is 9.90 Å². The molecule has 0 spiro atoms. The van der Waals surface area contributed by atoms with E-state index >= 15 is 0 Å². The highest BCUT2D eigenvalue weighted by atomic mass is 16.5. The number of carboxylic acid groups (broad SMARTS) is 1. The second kappa shape index (κ2) is 5.56. The summed E-state index contributed by atoms with van der Waals surface area (Å²) >= 11 is 0. The van der Waals surface area contributed by atoms with Gasteiger partial charge in [0.2, 0.25) is 0 Å². The van der Waals surface area contributed by atoms with E-state index in [4.69, 9.17) is 4.74 Å². The van der Waals surface area contributed by atoms with Crippen LogP contribution >= 0.6 is 0 Å². The van der Waals surface area contributed by atoms with Crippen molar-refractivity contribution in [3.8, 4) is 5.75 Å². The van der Waals surface area contributed by atoms with Gasteiger partial charge in [-0.05, 0) is 19.1 Å². The second-order valence-electron chi connectivity index (χ2n) is 4.35. The molecule has 6 nitrogen and oxygen atoms in total. The smallest absolute Gasteiger partial charge is 0.335 e. The lowest BCUT2D eigenvalue weighted by Crippen LogP contribution is -2.41. The minimum absolute atomic E-state index is 0.318. The Morgan fingerprint density at radius 2 is 2.10 bits per heavy atom. The molecule has 0 saturated heterocycles. The largest absolute Gasteiger partial charge is 0.495 e. The van der Waals surface area contributed by atoms with E-state index in [1.54, 1.807) is 18.2 Å². The minimum atomic E-state index is -1.40. The standard InChI is InChI=1S/C14H15N3O3/c1-14(13(18)19,12-9-15-7-8-16-12)17-10-5-3-4-6-11(10)20-2/h3-9,17H,1-2H3,(H,18,19). The van der Waals surface area contributed by atoms with Gasteiger partial charge < -0.3 is 15.2 Å². The predicted molar refractivity (Wildman–Crippen MR) is 73.6 cm³/mol. The molecule has 0 aliphatic heterocycles. The van der Waals surface area contributed by atoms with E-state index in [1.807, 2.05) is 6.07 Å². The fraction of sp³-hybridized carbons (Fsp3) is 0.214. The second-order valence-corrected chi connectivity index (χ2v) is 4.35. The van der Waals surface area contributed by atoms with Crippen molar-refractivity contribution >= 4 is 11.7 Å². The summed E-state index contributed by atoms with van der Waals surface area (Å²) in [5.41, 5.74) is -0.507. The lowest BCUT2D eigenvalue weighted by atomic mass is 9.97. The van der Waals surface area contributed by atoms with Crippen LogP contribution in [-0.4, -0.2) is 28.2 Å². The molecular weight excluding hydrogens is 258 g/mol. The maximum Gasteiger partial charge on any atom is 0.335 e. The van der Waals surface area contributed by atoms with Gasteiger partial charge in [0.25, 0.3) is 0 Å². The Morgan fingerprint density at radius 3 is 2.70 bits per heavy atom. The van der Waals surface area contributed by atoms with Crippen LogP contribution in [0, 0.1) is 0 Å². The molecule has 2 N–H and O–H groups in total. The van der Waals surface area contributed by atoms with Crippen molar-refractivity contribution in [3.05, 3.63) is 48.5 Å². The zero-order valence-electron chi connectivity index (χ0n) is 11.2. The molecule has 0 fully saturated rings. The number of aromatic nitrogens is 2. The Hall–Kier alpha value is -2.63. The maximum atomic E-state index is 11.7. The zero-order valence-corrected chi connectivity index (χ0v) is 11.2. The Balaban J connectivity index is 2.43. The van der Waals surface area contributed by atoms with Crippen molar-refractivity contribution < 1.29 is 14.6 Å². The molecule has 1 aromatic carbocycles. The van der Waals surface area contributed by atoms with Crippen LogP contribution in [0.1, 0.15) is 12.6 Å². The molecule has 0 amide bonds. The molecule has 2 rings (SSSR count). The number of ether oxygens (including phenoxy) is 1. The number of nitrogens with one attached hydrogen (secondary N) is 1. The summed E-state index contributed by atoms with van der Waals surface area (Å²) in [4.78, 5) is 19.7. The molecule has 0 aliphatic carbocycles. The van der Waals surface area contributed by atoms with Crippen molar-refractivity contribution in [1.29, 1.82) is 0 Å². The molecule has 0 bridgehead atoms. The third-order valence-electron chi connectivity index (χ3n) is 2.99. The van der Waals surface area contributed by atoms with Crippen molar-refractivity contribution in [2.24, 2.45) is 0 Å². The first-order valence-corrected chi connectivity index (χ1v) is 5.99. The minimum Gasteiger partial charge on any atom is -0.495 e. The van der Waals surface area contributed by atoms with Crippen LogP contribution in [0.15, 0.2) is 42.9 Å². The van der Waals surface area contributed by atoms with E-state index in [0.717, 1.165) is 0 Å². The lowest BCUT2D eigenvalue weighted by molar-refractivity contribution is -0.142. The van der Waals surface area contributed by atoms with Crippen molar-refractivity contribution in [2.45, 2.75) is 12.5 Å². The number of benzene rings is 1. The molecule has 104 valence electrons. The third kappa shape index (κ3) is 2.54. The summed E-state index contributed by atoms with van der Waals surface area (Å²) in [6.45, 7) is 1.53. The first-order chi connectivity index (χ1) is 9.58. The SMILES string of the molecule is COc1ccccc1NC(C)(C(=O)O)c1cnccn1. The van der Waals surface area contributed by atoms with E-state index in [2.05, 4.69) is 15.3 Å². The van der Waals surface area contributed by atoms with Gasteiger partial charge in [-0.25, -0.2) is 4.79 Å². The van der Waals surface area contributed by atoms with Gasteiger partial charge in [0.05, 0.1) is 24.7 Å². The monoisotopic (exact) mass is 273 g/mol. The molecule has 20 heavy (non-hydrogen) atoms. The molecular formula is C14H15N3O3. The van der Waals surface area contributed by atoms with E-state index < -0.39 is 11.5 Å². The maximum absolute atomic E-state index is 11.7. The Bertz CT molecular complexity index is 604. The highest BCUT2D eigenvalue weighted by Gasteiger charge is 2.37. The fourth-order valence-electron chi connectivity index (χ4n) is 1.80. The number of carboxylic acids is 1. The number of rotatable bonds is 5. The summed E-state index contributed by atoms with van der Waals surface area (Å²) < 4.78 is 5.22. The molecule has 2 aromatic rings.